The number of nitriles is 1. The fraction of sp³-hybridized carbons (Fsp3) is 0.0588. The maximum atomic E-state index is 12.6. The number of rotatable bonds is 1. The van der Waals surface area contributed by atoms with E-state index in [0.29, 0.717) is 10.6 Å². The van der Waals surface area contributed by atoms with Crippen LogP contribution in [0, 0.1) is 11.3 Å². The minimum absolute atomic E-state index is 0.280. The molecule has 0 N–H and O–H groups in total. The van der Waals surface area contributed by atoms with Gasteiger partial charge >= 0.3 is 0 Å². The number of halogens is 1. The van der Waals surface area contributed by atoms with Gasteiger partial charge in [0.2, 0.25) is 0 Å². The largest absolute Gasteiger partial charge is 0.294 e. The number of benzene rings is 2. The van der Waals surface area contributed by atoms with Crippen molar-refractivity contribution in [1.29, 1.82) is 5.26 Å². The zero-order chi connectivity index (χ0) is 14.8. The van der Waals surface area contributed by atoms with Crippen LogP contribution in [0.2, 0.25) is 5.02 Å². The number of fused-ring (bicyclic) bond motifs is 1. The van der Waals surface area contributed by atoms with Gasteiger partial charge in [-0.2, -0.15) is 5.26 Å². The molecule has 1 atom stereocenters. The van der Waals surface area contributed by atoms with E-state index in [1.54, 1.807) is 30.5 Å². The Hall–Kier alpha value is -2.57. The monoisotopic (exact) mass is 294 g/mol. The molecule has 102 valence electrons. The average Bonchev–Trinajstić information content (AvgIpc) is 2.53. The Morgan fingerprint density at radius 1 is 1.14 bits per heavy atom. The standard InChI is InChI=1S/C17H11ClN2O/c18-15-8-4-3-7-14(15)17(21)20-10-9-12-5-1-2-6-13(12)16(20)11-19/h1-10,16H. The first-order chi connectivity index (χ1) is 10.2. The summed E-state index contributed by atoms with van der Waals surface area (Å²) < 4.78 is 0. The SMILES string of the molecule is N#CC1c2ccccc2C=CN1C(=O)c1ccccc1Cl. The third kappa shape index (κ3) is 2.31. The van der Waals surface area contributed by atoms with Gasteiger partial charge in [0.1, 0.15) is 6.04 Å². The second kappa shape index (κ2) is 5.43. The van der Waals surface area contributed by atoms with Crippen LogP contribution in [0.15, 0.2) is 54.7 Å². The Kier molecular flexibility index (Phi) is 3.47. The molecule has 0 radical (unpaired) electrons. The highest BCUT2D eigenvalue weighted by molar-refractivity contribution is 6.33. The Balaban J connectivity index is 2.03. The molecule has 21 heavy (non-hydrogen) atoms. The molecule has 1 aliphatic heterocycles. The second-order valence-electron chi connectivity index (χ2n) is 4.67. The predicted octanol–water partition coefficient (Wildman–Crippen LogP) is 4.03. The van der Waals surface area contributed by atoms with E-state index in [4.69, 9.17) is 11.6 Å². The van der Waals surface area contributed by atoms with Crippen LogP contribution in [0.5, 0.6) is 0 Å². The minimum atomic E-state index is -0.644. The van der Waals surface area contributed by atoms with Gasteiger partial charge in [-0.3, -0.25) is 9.69 Å². The lowest BCUT2D eigenvalue weighted by molar-refractivity contribution is 0.0794. The summed E-state index contributed by atoms with van der Waals surface area (Å²) in [6, 6.07) is 15.9. The molecule has 3 rings (SSSR count). The van der Waals surface area contributed by atoms with E-state index >= 15 is 0 Å². The van der Waals surface area contributed by atoms with Gasteiger partial charge in [-0.15, -0.1) is 0 Å². The number of hydrogen-bond acceptors (Lipinski definition) is 2. The number of nitrogens with zero attached hydrogens (tertiary/aromatic N) is 2. The first-order valence-corrected chi connectivity index (χ1v) is 6.84. The second-order valence-corrected chi connectivity index (χ2v) is 5.08. The predicted molar refractivity (Wildman–Crippen MR) is 81.5 cm³/mol. The van der Waals surface area contributed by atoms with Crippen LogP contribution >= 0.6 is 11.6 Å². The van der Waals surface area contributed by atoms with Crippen molar-refractivity contribution >= 4 is 23.6 Å². The fourth-order valence-electron chi connectivity index (χ4n) is 2.40. The van der Waals surface area contributed by atoms with Gasteiger partial charge in [0.25, 0.3) is 5.91 Å². The molecular formula is C17H11ClN2O. The summed E-state index contributed by atoms with van der Waals surface area (Å²) in [5.74, 6) is -0.280. The minimum Gasteiger partial charge on any atom is -0.294 e. The quantitative estimate of drug-likeness (QED) is 0.797. The molecule has 3 nitrogen and oxygen atoms in total. The van der Waals surface area contributed by atoms with Crippen LogP contribution in [-0.4, -0.2) is 10.8 Å². The van der Waals surface area contributed by atoms with E-state index in [9.17, 15) is 10.1 Å². The smallest absolute Gasteiger partial charge is 0.260 e. The molecule has 0 aliphatic carbocycles. The van der Waals surface area contributed by atoms with Gasteiger partial charge in [-0.1, -0.05) is 48.0 Å². The fourth-order valence-corrected chi connectivity index (χ4v) is 2.62. The van der Waals surface area contributed by atoms with Crippen molar-refractivity contribution in [1.82, 2.24) is 4.90 Å². The Labute approximate surface area is 127 Å². The summed E-state index contributed by atoms with van der Waals surface area (Å²) in [6.07, 6.45) is 3.47. The Morgan fingerprint density at radius 3 is 2.62 bits per heavy atom. The van der Waals surface area contributed by atoms with Crippen LogP contribution in [0.25, 0.3) is 6.08 Å². The number of carbonyl (C=O) groups excluding carboxylic acids is 1. The summed E-state index contributed by atoms with van der Waals surface area (Å²) in [6.45, 7) is 0. The Bertz CT molecular complexity index is 776. The van der Waals surface area contributed by atoms with E-state index in [1.165, 1.54) is 4.90 Å². The third-order valence-electron chi connectivity index (χ3n) is 3.44. The average molecular weight is 295 g/mol. The normalized spacial score (nSPS) is 16.2. The van der Waals surface area contributed by atoms with Gasteiger partial charge in [0.15, 0.2) is 0 Å². The zero-order valence-electron chi connectivity index (χ0n) is 11.0. The highest BCUT2D eigenvalue weighted by Crippen LogP contribution is 2.31. The lowest BCUT2D eigenvalue weighted by Gasteiger charge is -2.28. The van der Waals surface area contributed by atoms with E-state index in [1.807, 2.05) is 30.3 Å². The first-order valence-electron chi connectivity index (χ1n) is 6.46. The van der Waals surface area contributed by atoms with Crippen molar-refractivity contribution in [3.8, 4) is 6.07 Å². The maximum absolute atomic E-state index is 12.6. The molecule has 2 aromatic carbocycles. The molecule has 2 aromatic rings. The van der Waals surface area contributed by atoms with Crippen LogP contribution < -0.4 is 0 Å². The van der Waals surface area contributed by atoms with Crippen LogP contribution in [0.4, 0.5) is 0 Å². The molecule has 0 saturated carbocycles. The van der Waals surface area contributed by atoms with Gasteiger partial charge in [0.05, 0.1) is 16.7 Å². The highest BCUT2D eigenvalue weighted by Gasteiger charge is 2.29. The summed E-state index contributed by atoms with van der Waals surface area (Å²) in [4.78, 5) is 14.1. The molecule has 1 amide bonds. The summed E-state index contributed by atoms with van der Waals surface area (Å²) >= 11 is 6.07. The molecule has 1 aliphatic rings. The zero-order valence-corrected chi connectivity index (χ0v) is 11.8. The summed E-state index contributed by atoms with van der Waals surface area (Å²) in [5, 5.41) is 9.84. The molecular weight excluding hydrogens is 284 g/mol. The van der Waals surface area contributed by atoms with E-state index in [-0.39, 0.29) is 5.91 Å². The van der Waals surface area contributed by atoms with E-state index < -0.39 is 6.04 Å². The number of amides is 1. The Morgan fingerprint density at radius 2 is 1.86 bits per heavy atom. The lowest BCUT2D eigenvalue weighted by Crippen LogP contribution is -2.31. The van der Waals surface area contributed by atoms with E-state index in [0.717, 1.165) is 11.1 Å². The molecule has 0 fully saturated rings. The van der Waals surface area contributed by atoms with Gasteiger partial charge in [0, 0.05) is 6.20 Å². The van der Waals surface area contributed by atoms with Gasteiger partial charge in [-0.05, 0) is 29.3 Å². The van der Waals surface area contributed by atoms with Crippen molar-refractivity contribution in [2.75, 3.05) is 0 Å². The van der Waals surface area contributed by atoms with Crippen LogP contribution in [-0.2, 0) is 0 Å². The highest BCUT2D eigenvalue weighted by atomic mass is 35.5. The van der Waals surface area contributed by atoms with Crippen molar-refractivity contribution in [3.63, 3.8) is 0 Å². The molecule has 0 aromatic heterocycles. The van der Waals surface area contributed by atoms with E-state index in [2.05, 4.69) is 6.07 Å². The molecule has 1 heterocycles. The van der Waals surface area contributed by atoms with Crippen LogP contribution in [0.3, 0.4) is 0 Å². The van der Waals surface area contributed by atoms with Crippen molar-refractivity contribution in [2.45, 2.75) is 6.04 Å². The van der Waals surface area contributed by atoms with Gasteiger partial charge in [-0.25, -0.2) is 0 Å². The molecule has 0 bridgehead atoms. The maximum Gasteiger partial charge on any atom is 0.260 e. The summed E-state index contributed by atoms with van der Waals surface area (Å²) in [7, 11) is 0. The lowest BCUT2D eigenvalue weighted by atomic mass is 9.96. The molecule has 0 saturated heterocycles. The van der Waals surface area contributed by atoms with Crippen molar-refractivity contribution < 1.29 is 4.79 Å². The summed E-state index contributed by atoms with van der Waals surface area (Å²) in [5.41, 5.74) is 2.17. The third-order valence-corrected chi connectivity index (χ3v) is 3.77. The number of hydrogen-bond donors (Lipinski definition) is 0. The first kappa shape index (κ1) is 13.4. The number of carbonyl (C=O) groups is 1. The molecule has 4 heteroatoms. The molecule has 1 unspecified atom stereocenters. The van der Waals surface area contributed by atoms with Crippen molar-refractivity contribution in [3.05, 3.63) is 76.4 Å². The molecule has 0 spiro atoms. The topological polar surface area (TPSA) is 44.1 Å². The van der Waals surface area contributed by atoms with Crippen LogP contribution in [0.1, 0.15) is 27.5 Å². The van der Waals surface area contributed by atoms with Gasteiger partial charge < -0.3 is 0 Å². The van der Waals surface area contributed by atoms with Crippen molar-refractivity contribution in [2.24, 2.45) is 0 Å².